The van der Waals surface area contributed by atoms with Gasteiger partial charge in [0.15, 0.2) is 0 Å². The van der Waals surface area contributed by atoms with E-state index in [0.717, 1.165) is 17.0 Å². The van der Waals surface area contributed by atoms with Crippen molar-refractivity contribution in [2.24, 2.45) is 0 Å². The van der Waals surface area contributed by atoms with E-state index in [9.17, 15) is 4.79 Å². The zero-order valence-corrected chi connectivity index (χ0v) is 13.8. The summed E-state index contributed by atoms with van der Waals surface area (Å²) in [7, 11) is 0. The maximum absolute atomic E-state index is 12.2. The molecule has 23 heavy (non-hydrogen) atoms. The van der Waals surface area contributed by atoms with Gasteiger partial charge in [-0.25, -0.2) is 4.98 Å². The van der Waals surface area contributed by atoms with Gasteiger partial charge in [-0.05, 0) is 32.4 Å². The number of hydrogen-bond donors (Lipinski definition) is 0. The predicted octanol–water partition coefficient (Wildman–Crippen LogP) is 2.56. The number of aryl methyl sites for hydroxylation is 2. The molecule has 0 bridgehead atoms. The topological polar surface area (TPSA) is 68.5 Å². The number of nitrogens with zero attached hydrogens (tertiary/aromatic N) is 3. The van der Waals surface area contributed by atoms with Gasteiger partial charge in [0.05, 0.1) is 18.8 Å². The smallest absolute Gasteiger partial charge is 0.232 e. The highest BCUT2D eigenvalue weighted by molar-refractivity contribution is 6.31. The van der Waals surface area contributed by atoms with Gasteiger partial charge in [-0.3, -0.25) is 4.79 Å². The van der Waals surface area contributed by atoms with Gasteiger partial charge in [0.25, 0.3) is 0 Å². The minimum absolute atomic E-state index is 0.0505. The fourth-order valence-electron chi connectivity index (χ4n) is 2.58. The summed E-state index contributed by atoms with van der Waals surface area (Å²) in [5, 5.41) is 4.38. The van der Waals surface area contributed by atoms with E-state index in [0.29, 0.717) is 36.8 Å². The molecule has 0 spiro atoms. The van der Waals surface area contributed by atoms with Crippen molar-refractivity contribution in [3.05, 3.63) is 40.4 Å². The average Bonchev–Trinajstić information content (AvgIpc) is 2.80. The van der Waals surface area contributed by atoms with Crippen LogP contribution in [0.1, 0.15) is 23.4 Å². The Morgan fingerprint density at radius 3 is 2.91 bits per heavy atom. The molecule has 3 heterocycles. The molecule has 0 aliphatic carbocycles. The van der Waals surface area contributed by atoms with E-state index in [2.05, 4.69) is 10.1 Å². The molecule has 6 nitrogen and oxygen atoms in total. The quantitative estimate of drug-likeness (QED) is 0.840. The molecule has 122 valence electrons. The van der Waals surface area contributed by atoms with Gasteiger partial charge in [-0.15, -0.1) is 0 Å². The Kier molecular flexibility index (Phi) is 4.52. The molecule has 0 aromatic carbocycles. The van der Waals surface area contributed by atoms with Gasteiger partial charge in [0, 0.05) is 18.2 Å². The van der Waals surface area contributed by atoms with Crippen LogP contribution in [-0.2, 0) is 11.2 Å². The van der Waals surface area contributed by atoms with Gasteiger partial charge in [0.1, 0.15) is 16.9 Å². The molecular weight excluding hydrogens is 318 g/mol. The molecule has 1 saturated heterocycles. The van der Waals surface area contributed by atoms with E-state index in [1.54, 1.807) is 23.2 Å². The Labute approximate surface area is 139 Å². The first kappa shape index (κ1) is 15.8. The van der Waals surface area contributed by atoms with Crippen LogP contribution in [0.2, 0.25) is 5.02 Å². The third-order valence-corrected chi connectivity index (χ3v) is 4.26. The van der Waals surface area contributed by atoms with Crippen molar-refractivity contribution in [3.63, 3.8) is 0 Å². The van der Waals surface area contributed by atoms with Gasteiger partial charge in [-0.1, -0.05) is 16.8 Å². The zero-order chi connectivity index (χ0) is 16.4. The maximum Gasteiger partial charge on any atom is 0.232 e. The summed E-state index contributed by atoms with van der Waals surface area (Å²) in [6, 6.07) is 3.48. The Morgan fingerprint density at radius 2 is 2.26 bits per heavy atom. The molecule has 3 rings (SSSR count). The summed E-state index contributed by atoms with van der Waals surface area (Å²) in [4.78, 5) is 18.0. The monoisotopic (exact) mass is 335 g/mol. The molecule has 0 unspecified atom stereocenters. The third kappa shape index (κ3) is 3.47. The Morgan fingerprint density at radius 1 is 1.48 bits per heavy atom. The standard InChI is InChI=1S/C16H18ClN3O3/c1-10-13(11(2)23-19-10)5-6-15(21)20-8-12(9-20)22-16-14(17)4-3-7-18-16/h3-4,7,12H,5-6,8-9H2,1-2H3. The molecule has 0 radical (unpaired) electrons. The molecule has 1 aliphatic rings. The lowest BCUT2D eigenvalue weighted by Gasteiger charge is -2.38. The number of amides is 1. The molecule has 1 aliphatic heterocycles. The summed E-state index contributed by atoms with van der Waals surface area (Å²) in [5.74, 6) is 1.31. The van der Waals surface area contributed by atoms with Crippen LogP contribution in [0.3, 0.4) is 0 Å². The van der Waals surface area contributed by atoms with Gasteiger partial charge >= 0.3 is 0 Å². The summed E-state index contributed by atoms with van der Waals surface area (Å²) in [5.41, 5.74) is 1.87. The second-order valence-corrected chi connectivity index (χ2v) is 6.04. The fraction of sp³-hybridized carbons (Fsp3) is 0.438. The van der Waals surface area contributed by atoms with E-state index in [1.807, 2.05) is 13.8 Å². The zero-order valence-electron chi connectivity index (χ0n) is 13.1. The molecule has 0 atom stereocenters. The highest BCUT2D eigenvalue weighted by atomic mass is 35.5. The van der Waals surface area contributed by atoms with Crippen LogP contribution in [0, 0.1) is 13.8 Å². The Bertz CT molecular complexity index is 691. The van der Waals surface area contributed by atoms with Crippen molar-refractivity contribution in [2.75, 3.05) is 13.1 Å². The summed E-state index contributed by atoms with van der Waals surface area (Å²) < 4.78 is 10.8. The lowest BCUT2D eigenvalue weighted by molar-refractivity contribution is -0.140. The highest BCUT2D eigenvalue weighted by Crippen LogP contribution is 2.24. The average molecular weight is 336 g/mol. The van der Waals surface area contributed by atoms with Crippen LogP contribution < -0.4 is 4.74 Å². The fourth-order valence-corrected chi connectivity index (χ4v) is 2.75. The Hall–Kier alpha value is -2.08. The number of carbonyl (C=O) groups is 1. The van der Waals surface area contributed by atoms with Crippen LogP contribution in [0.5, 0.6) is 5.88 Å². The molecular formula is C16H18ClN3O3. The molecule has 7 heteroatoms. The first-order valence-corrected chi connectivity index (χ1v) is 7.89. The minimum Gasteiger partial charge on any atom is -0.470 e. The predicted molar refractivity (Wildman–Crippen MR) is 84.5 cm³/mol. The van der Waals surface area contributed by atoms with Crippen LogP contribution in [0.25, 0.3) is 0 Å². The van der Waals surface area contributed by atoms with Crippen LogP contribution in [-0.4, -0.2) is 40.1 Å². The van der Waals surface area contributed by atoms with Crippen molar-refractivity contribution >= 4 is 17.5 Å². The van der Waals surface area contributed by atoms with Gasteiger partial charge < -0.3 is 14.2 Å². The van der Waals surface area contributed by atoms with Crippen molar-refractivity contribution in [1.29, 1.82) is 0 Å². The normalized spacial score (nSPS) is 14.7. The number of likely N-dealkylation sites (tertiary alicyclic amines) is 1. The van der Waals surface area contributed by atoms with Crippen LogP contribution >= 0.6 is 11.6 Å². The number of hydrogen-bond acceptors (Lipinski definition) is 5. The summed E-state index contributed by atoms with van der Waals surface area (Å²) in [6.07, 6.45) is 2.67. The van der Waals surface area contributed by atoms with E-state index < -0.39 is 0 Å². The molecule has 1 amide bonds. The lowest BCUT2D eigenvalue weighted by Crippen LogP contribution is -2.56. The number of pyridine rings is 1. The van der Waals surface area contributed by atoms with Gasteiger partial charge in [0.2, 0.25) is 11.8 Å². The number of rotatable bonds is 5. The van der Waals surface area contributed by atoms with E-state index in [1.165, 1.54) is 0 Å². The summed E-state index contributed by atoms with van der Waals surface area (Å²) >= 11 is 6.00. The SMILES string of the molecule is Cc1noc(C)c1CCC(=O)N1CC(Oc2ncccc2Cl)C1. The van der Waals surface area contributed by atoms with E-state index >= 15 is 0 Å². The maximum atomic E-state index is 12.2. The van der Waals surface area contributed by atoms with Crippen molar-refractivity contribution in [3.8, 4) is 5.88 Å². The van der Waals surface area contributed by atoms with E-state index in [-0.39, 0.29) is 12.0 Å². The van der Waals surface area contributed by atoms with Crippen LogP contribution in [0.4, 0.5) is 0 Å². The first-order valence-electron chi connectivity index (χ1n) is 7.51. The second kappa shape index (κ2) is 6.58. The van der Waals surface area contributed by atoms with E-state index in [4.69, 9.17) is 20.9 Å². The van der Waals surface area contributed by atoms with Crippen molar-refractivity contribution in [2.45, 2.75) is 32.8 Å². The van der Waals surface area contributed by atoms with Crippen molar-refractivity contribution < 1.29 is 14.1 Å². The number of halogens is 1. The molecule has 0 saturated carbocycles. The molecule has 1 fully saturated rings. The second-order valence-electron chi connectivity index (χ2n) is 5.63. The Balaban J connectivity index is 1.46. The summed E-state index contributed by atoms with van der Waals surface area (Å²) in [6.45, 7) is 4.88. The number of ether oxygens (including phenoxy) is 1. The van der Waals surface area contributed by atoms with Gasteiger partial charge in [-0.2, -0.15) is 0 Å². The van der Waals surface area contributed by atoms with Crippen molar-refractivity contribution in [1.82, 2.24) is 15.0 Å². The lowest BCUT2D eigenvalue weighted by atomic mass is 10.1. The third-order valence-electron chi connectivity index (χ3n) is 3.97. The number of carbonyl (C=O) groups excluding carboxylic acids is 1. The highest BCUT2D eigenvalue weighted by Gasteiger charge is 2.32. The van der Waals surface area contributed by atoms with Crippen LogP contribution in [0.15, 0.2) is 22.9 Å². The molecule has 0 N–H and O–H groups in total. The molecule has 2 aromatic heterocycles. The minimum atomic E-state index is -0.0505. The first-order chi connectivity index (χ1) is 11.0. The molecule has 2 aromatic rings. The largest absolute Gasteiger partial charge is 0.470 e. The number of aromatic nitrogens is 2.